The fraction of sp³-hybridized carbons (Fsp3) is 0.250. The summed E-state index contributed by atoms with van der Waals surface area (Å²) in [4.78, 5) is 11.2. The van der Waals surface area contributed by atoms with Gasteiger partial charge in [0, 0.05) is 11.5 Å². The molecule has 3 nitrogen and oxygen atoms in total. The standard InChI is InChI=1S/C12H8Cl2F2O3/c1-2-18-11(17)12(15,16)10-4-6-3-7(13)8(14)5-9(6)19-10/h3-5H,2H2,1H3. The van der Waals surface area contributed by atoms with Crippen LogP contribution in [0, 0.1) is 0 Å². The number of hydrogen-bond acceptors (Lipinski definition) is 3. The van der Waals surface area contributed by atoms with Crippen LogP contribution in [-0.2, 0) is 15.5 Å². The first-order valence-electron chi connectivity index (χ1n) is 5.30. The largest absolute Gasteiger partial charge is 0.461 e. The number of fused-ring (bicyclic) bond motifs is 1. The van der Waals surface area contributed by atoms with E-state index in [1.54, 1.807) is 0 Å². The molecule has 0 N–H and O–H groups in total. The molecule has 0 spiro atoms. The predicted octanol–water partition coefficient (Wildman–Crippen LogP) is 4.39. The van der Waals surface area contributed by atoms with Crippen molar-refractivity contribution in [2.45, 2.75) is 12.8 Å². The number of halogens is 4. The summed E-state index contributed by atoms with van der Waals surface area (Å²) >= 11 is 11.5. The summed E-state index contributed by atoms with van der Waals surface area (Å²) < 4.78 is 36.7. The fourth-order valence-electron chi connectivity index (χ4n) is 1.51. The van der Waals surface area contributed by atoms with Crippen LogP contribution in [-0.4, -0.2) is 12.6 Å². The van der Waals surface area contributed by atoms with Crippen molar-refractivity contribution in [2.75, 3.05) is 6.61 Å². The molecular weight excluding hydrogens is 301 g/mol. The van der Waals surface area contributed by atoms with Crippen molar-refractivity contribution in [1.29, 1.82) is 0 Å². The van der Waals surface area contributed by atoms with E-state index in [0.29, 0.717) is 5.39 Å². The molecule has 0 radical (unpaired) electrons. The minimum absolute atomic E-state index is 0.119. The maximum absolute atomic E-state index is 13.7. The number of ether oxygens (including phenoxy) is 1. The van der Waals surface area contributed by atoms with Gasteiger partial charge < -0.3 is 9.15 Å². The third-order valence-electron chi connectivity index (χ3n) is 2.40. The molecule has 1 aromatic heterocycles. The zero-order valence-corrected chi connectivity index (χ0v) is 11.2. The molecule has 19 heavy (non-hydrogen) atoms. The molecule has 0 aliphatic heterocycles. The Balaban J connectivity index is 2.48. The Kier molecular flexibility index (Phi) is 3.69. The minimum atomic E-state index is -3.85. The summed E-state index contributed by atoms with van der Waals surface area (Å²) in [7, 11) is 0. The average molecular weight is 309 g/mol. The van der Waals surface area contributed by atoms with Crippen molar-refractivity contribution in [2.24, 2.45) is 0 Å². The zero-order valence-electron chi connectivity index (χ0n) is 9.68. The monoisotopic (exact) mass is 308 g/mol. The molecule has 0 saturated carbocycles. The molecule has 2 rings (SSSR count). The first-order valence-corrected chi connectivity index (χ1v) is 6.06. The van der Waals surface area contributed by atoms with Crippen LogP contribution in [0.3, 0.4) is 0 Å². The molecule has 102 valence electrons. The number of alkyl halides is 2. The zero-order chi connectivity index (χ0) is 14.2. The van der Waals surface area contributed by atoms with Crippen LogP contribution in [0.5, 0.6) is 0 Å². The third kappa shape index (κ3) is 2.53. The van der Waals surface area contributed by atoms with Crippen molar-refractivity contribution < 1.29 is 22.7 Å². The second-order valence-corrected chi connectivity index (χ2v) is 4.52. The molecular formula is C12H8Cl2F2O3. The maximum Gasteiger partial charge on any atom is 0.399 e. The first kappa shape index (κ1) is 14.1. The normalized spacial score (nSPS) is 11.8. The van der Waals surface area contributed by atoms with Gasteiger partial charge in [-0.25, -0.2) is 4.79 Å². The van der Waals surface area contributed by atoms with Gasteiger partial charge in [0.1, 0.15) is 5.58 Å². The third-order valence-corrected chi connectivity index (χ3v) is 3.12. The SMILES string of the molecule is CCOC(=O)C(F)(F)c1cc2cc(Cl)c(Cl)cc2o1. The smallest absolute Gasteiger partial charge is 0.399 e. The highest BCUT2D eigenvalue weighted by molar-refractivity contribution is 6.42. The number of hydrogen-bond donors (Lipinski definition) is 0. The fourth-order valence-corrected chi connectivity index (χ4v) is 1.84. The molecule has 0 amide bonds. The molecule has 0 atom stereocenters. The second kappa shape index (κ2) is 4.98. The highest BCUT2D eigenvalue weighted by Gasteiger charge is 2.46. The van der Waals surface area contributed by atoms with E-state index in [1.165, 1.54) is 19.1 Å². The Morgan fingerprint density at radius 2 is 1.95 bits per heavy atom. The molecule has 0 bridgehead atoms. The Morgan fingerprint density at radius 3 is 2.58 bits per heavy atom. The number of rotatable bonds is 3. The van der Waals surface area contributed by atoms with Gasteiger partial charge in [0.2, 0.25) is 0 Å². The van der Waals surface area contributed by atoms with Gasteiger partial charge in [0.15, 0.2) is 5.76 Å². The number of esters is 1. The lowest BCUT2D eigenvalue weighted by molar-refractivity contribution is -0.175. The summed E-state index contributed by atoms with van der Waals surface area (Å²) in [5.74, 6) is -6.32. The summed E-state index contributed by atoms with van der Waals surface area (Å²) in [5.41, 5.74) is 0.119. The van der Waals surface area contributed by atoms with Crippen LogP contribution in [0.2, 0.25) is 10.0 Å². The number of carbonyl (C=O) groups excluding carboxylic acids is 1. The quantitative estimate of drug-likeness (QED) is 0.789. The Hall–Kier alpha value is -1.33. The van der Waals surface area contributed by atoms with E-state index in [0.717, 1.165) is 6.07 Å². The highest BCUT2D eigenvalue weighted by atomic mass is 35.5. The van der Waals surface area contributed by atoms with Crippen molar-refractivity contribution in [3.8, 4) is 0 Å². The van der Waals surface area contributed by atoms with Crippen molar-refractivity contribution in [3.05, 3.63) is 34.0 Å². The van der Waals surface area contributed by atoms with Crippen LogP contribution < -0.4 is 0 Å². The molecule has 1 heterocycles. The number of carbonyl (C=O) groups is 1. The lowest BCUT2D eigenvalue weighted by Crippen LogP contribution is -2.27. The van der Waals surface area contributed by atoms with E-state index in [9.17, 15) is 13.6 Å². The Labute approximate surface area is 117 Å². The van der Waals surface area contributed by atoms with E-state index >= 15 is 0 Å². The first-order chi connectivity index (χ1) is 8.86. The molecule has 1 aromatic carbocycles. The van der Waals surface area contributed by atoms with E-state index in [2.05, 4.69) is 4.74 Å². The Bertz CT molecular complexity index is 598. The van der Waals surface area contributed by atoms with Gasteiger partial charge in [-0.1, -0.05) is 23.2 Å². The van der Waals surface area contributed by atoms with Crippen LogP contribution in [0.15, 0.2) is 22.6 Å². The lowest BCUT2D eigenvalue weighted by atomic mass is 10.2. The summed E-state index contributed by atoms with van der Waals surface area (Å²) in [5, 5.41) is 0.712. The van der Waals surface area contributed by atoms with Crippen molar-refractivity contribution >= 4 is 40.1 Å². The van der Waals surface area contributed by atoms with E-state index in [-0.39, 0.29) is 22.2 Å². The number of benzene rings is 1. The molecule has 0 fully saturated rings. The second-order valence-electron chi connectivity index (χ2n) is 3.71. The minimum Gasteiger partial charge on any atom is -0.461 e. The van der Waals surface area contributed by atoms with Gasteiger partial charge in [0.05, 0.1) is 16.7 Å². The van der Waals surface area contributed by atoms with Crippen molar-refractivity contribution in [3.63, 3.8) is 0 Å². The van der Waals surface area contributed by atoms with E-state index < -0.39 is 17.7 Å². The van der Waals surface area contributed by atoms with Gasteiger partial charge in [-0.15, -0.1) is 0 Å². The van der Waals surface area contributed by atoms with Crippen LogP contribution in [0.4, 0.5) is 8.78 Å². The molecule has 0 aliphatic carbocycles. The van der Waals surface area contributed by atoms with Gasteiger partial charge in [-0.3, -0.25) is 0 Å². The molecule has 7 heteroatoms. The van der Waals surface area contributed by atoms with Gasteiger partial charge in [-0.2, -0.15) is 8.78 Å². The van der Waals surface area contributed by atoms with Gasteiger partial charge in [-0.05, 0) is 19.1 Å². The van der Waals surface area contributed by atoms with Gasteiger partial charge >= 0.3 is 11.9 Å². The highest BCUT2D eigenvalue weighted by Crippen LogP contribution is 2.36. The topological polar surface area (TPSA) is 39.4 Å². The van der Waals surface area contributed by atoms with E-state index in [4.69, 9.17) is 27.6 Å². The average Bonchev–Trinajstić information content (AvgIpc) is 2.73. The maximum atomic E-state index is 13.7. The molecule has 0 aliphatic rings. The summed E-state index contributed by atoms with van der Waals surface area (Å²) in [6.45, 7) is 1.29. The summed E-state index contributed by atoms with van der Waals surface area (Å²) in [6, 6.07) is 3.73. The molecule has 2 aromatic rings. The molecule has 0 unspecified atom stereocenters. The van der Waals surface area contributed by atoms with Crippen molar-refractivity contribution in [1.82, 2.24) is 0 Å². The predicted molar refractivity (Wildman–Crippen MR) is 66.8 cm³/mol. The lowest BCUT2D eigenvalue weighted by Gasteiger charge is -2.11. The number of furan rings is 1. The Morgan fingerprint density at radius 1 is 1.32 bits per heavy atom. The van der Waals surface area contributed by atoms with Crippen LogP contribution >= 0.6 is 23.2 Å². The molecule has 0 saturated heterocycles. The van der Waals surface area contributed by atoms with Gasteiger partial charge in [0.25, 0.3) is 0 Å². The van der Waals surface area contributed by atoms with E-state index in [1.807, 2.05) is 0 Å². The van der Waals surface area contributed by atoms with Crippen LogP contribution in [0.1, 0.15) is 12.7 Å². The van der Waals surface area contributed by atoms with Crippen LogP contribution in [0.25, 0.3) is 11.0 Å². The summed E-state index contributed by atoms with van der Waals surface area (Å²) in [6.07, 6.45) is 0.